The van der Waals surface area contributed by atoms with Crippen molar-refractivity contribution in [2.24, 2.45) is 0 Å². The van der Waals surface area contributed by atoms with Crippen LogP contribution in [0, 0.1) is 21.7 Å². The van der Waals surface area contributed by atoms with Crippen molar-refractivity contribution in [1.82, 2.24) is 5.32 Å². The number of carbonyl (C=O) groups excluding carboxylic acids is 1. The van der Waals surface area contributed by atoms with Gasteiger partial charge in [0.2, 0.25) is 5.82 Å². The number of nitrogens with one attached hydrogen (secondary N) is 1. The predicted octanol–water partition coefficient (Wildman–Crippen LogP) is 2.80. The van der Waals surface area contributed by atoms with Gasteiger partial charge in [0.1, 0.15) is 11.4 Å². The molecule has 0 aliphatic rings. The molecule has 0 fully saturated rings. The van der Waals surface area contributed by atoms with Crippen molar-refractivity contribution in [2.45, 2.75) is 6.54 Å². The predicted molar refractivity (Wildman–Crippen MR) is 70.6 cm³/mol. The lowest BCUT2D eigenvalue weighted by Gasteiger charge is -2.07. The van der Waals surface area contributed by atoms with Crippen LogP contribution in [0.1, 0.15) is 15.9 Å². The fraction of sp³-hybridized carbons (Fsp3) is 0.0714. The molecule has 0 aromatic heterocycles. The smallest absolute Gasteiger partial charge is 0.305 e. The molecule has 5 nitrogen and oxygen atoms in total. The van der Waals surface area contributed by atoms with Crippen molar-refractivity contribution in [2.75, 3.05) is 0 Å². The Labute approximate surface area is 118 Å². The molecule has 0 heterocycles. The monoisotopic (exact) mass is 292 g/mol. The number of nitro groups is 1. The van der Waals surface area contributed by atoms with Gasteiger partial charge in [0.05, 0.1) is 4.92 Å². The van der Waals surface area contributed by atoms with Gasteiger partial charge < -0.3 is 5.32 Å². The maximum Gasteiger partial charge on any atom is 0.305 e. The van der Waals surface area contributed by atoms with Crippen molar-refractivity contribution in [3.8, 4) is 0 Å². The van der Waals surface area contributed by atoms with E-state index in [0.717, 1.165) is 5.56 Å². The number of hydrogen-bond donors (Lipinski definition) is 1. The van der Waals surface area contributed by atoms with Gasteiger partial charge in [-0.2, -0.15) is 4.39 Å². The highest BCUT2D eigenvalue weighted by atomic mass is 19.1. The van der Waals surface area contributed by atoms with E-state index in [1.807, 2.05) is 0 Å². The lowest BCUT2D eigenvalue weighted by Crippen LogP contribution is -2.25. The maximum absolute atomic E-state index is 13.8. The standard InChI is InChI=1S/C14H10F2N2O3/c15-10-6-7-11(18(20)21)13(16)12(10)14(19)17-8-9-4-2-1-3-5-9/h1-7H,8H2,(H,17,19). The van der Waals surface area contributed by atoms with E-state index in [4.69, 9.17) is 0 Å². The third kappa shape index (κ3) is 3.19. The minimum absolute atomic E-state index is 0.0568. The van der Waals surface area contributed by atoms with Crippen LogP contribution in [0.5, 0.6) is 0 Å². The number of rotatable bonds is 4. The largest absolute Gasteiger partial charge is 0.348 e. The summed E-state index contributed by atoms with van der Waals surface area (Å²) in [6.07, 6.45) is 0. The van der Waals surface area contributed by atoms with Crippen LogP contribution in [0.4, 0.5) is 14.5 Å². The molecule has 0 aliphatic carbocycles. The highest BCUT2D eigenvalue weighted by Gasteiger charge is 2.25. The zero-order chi connectivity index (χ0) is 15.4. The fourth-order valence-corrected chi connectivity index (χ4v) is 1.76. The van der Waals surface area contributed by atoms with Gasteiger partial charge in [-0.3, -0.25) is 14.9 Å². The van der Waals surface area contributed by atoms with Crippen LogP contribution in [0.2, 0.25) is 0 Å². The lowest BCUT2D eigenvalue weighted by atomic mass is 10.1. The third-order valence-electron chi connectivity index (χ3n) is 2.79. The first-order chi connectivity index (χ1) is 10.0. The van der Waals surface area contributed by atoms with Gasteiger partial charge in [0, 0.05) is 12.6 Å². The van der Waals surface area contributed by atoms with Crippen LogP contribution in [-0.4, -0.2) is 10.8 Å². The number of nitro benzene ring substituents is 1. The second-order valence-corrected chi connectivity index (χ2v) is 4.18. The van der Waals surface area contributed by atoms with Crippen LogP contribution >= 0.6 is 0 Å². The topological polar surface area (TPSA) is 72.2 Å². The molecule has 0 radical (unpaired) electrons. The van der Waals surface area contributed by atoms with E-state index in [0.29, 0.717) is 12.1 Å². The molecule has 7 heteroatoms. The Hall–Kier alpha value is -2.83. The normalized spacial score (nSPS) is 10.2. The molecule has 108 valence electrons. The van der Waals surface area contributed by atoms with E-state index >= 15 is 0 Å². The summed E-state index contributed by atoms with van der Waals surface area (Å²) in [6.45, 7) is 0.0568. The average Bonchev–Trinajstić information content (AvgIpc) is 2.46. The van der Waals surface area contributed by atoms with E-state index in [9.17, 15) is 23.7 Å². The molecule has 0 saturated heterocycles. The molecule has 0 aliphatic heterocycles. The number of nitrogens with zero attached hydrogens (tertiary/aromatic N) is 1. The molecular weight excluding hydrogens is 282 g/mol. The molecule has 0 atom stereocenters. The number of halogens is 2. The Balaban J connectivity index is 2.23. The number of hydrogen-bond acceptors (Lipinski definition) is 3. The van der Waals surface area contributed by atoms with Gasteiger partial charge in [-0.05, 0) is 11.6 Å². The highest BCUT2D eigenvalue weighted by molar-refractivity contribution is 5.95. The van der Waals surface area contributed by atoms with Gasteiger partial charge >= 0.3 is 5.69 Å². The maximum atomic E-state index is 13.8. The Morgan fingerprint density at radius 1 is 1.14 bits per heavy atom. The third-order valence-corrected chi connectivity index (χ3v) is 2.79. The summed E-state index contributed by atoms with van der Waals surface area (Å²) >= 11 is 0. The van der Waals surface area contributed by atoms with E-state index in [-0.39, 0.29) is 6.54 Å². The molecule has 0 unspecified atom stereocenters. The molecule has 0 saturated carbocycles. The van der Waals surface area contributed by atoms with Gasteiger partial charge in [-0.1, -0.05) is 30.3 Å². The summed E-state index contributed by atoms with van der Waals surface area (Å²) in [5, 5.41) is 12.9. The van der Waals surface area contributed by atoms with E-state index < -0.39 is 33.7 Å². The minimum Gasteiger partial charge on any atom is -0.348 e. The minimum atomic E-state index is -1.48. The first kappa shape index (κ1) is 14.6. The summed E-state index contributed by atoms with van der Waals surface area (Å²) in [4.78, 5) is 21.4. The van der Waals surface area contributed by atoms with Gasteiger partial charge in [-0.15, -0.1) is 0 Å². The highest BCUT2D eigenvalue weighted by Crippen LogP contribution is 2.23. The molecule has 0 bridgehead atoms. The van der Waals surface area contributed by atoms with Gasteiger partial charge in [-0.25, -0.2) is 4.39 Å². The summed E-state index contributed by atoms with van der Waals surface area (Å²) in [6, 6.07) is 10.1. The molecule has 2 rings (SSSR count). The van der Waals surface area contributed by atoms with Gasteiger partial charge in [0.15, 0.2) is 0 Å². The van der Waals surface area contributed by atoms with Crippen LogP contribution in [0.3, 0.4) is 0 Å². The van der Waals surface area contributed by atoms with Crippen LogP contribution in [0.15, 0.2) is 42.5 Å². The van der Waals surface area contributed by atoms with Crippen molar-refractivity contribution in [3.63, 3.8) is 0 Å². The SMILES string of the molecule is O=C(NCc1ccccc1)c1c(F)ccc([N+](=O)[O-])c1F. The number of benzene rings is 2. The van der Waals surface area contributed by atoms with Crippen LogP contribution in [0.25, 0.3) is 0 Å². The van der Waals surface area contributed by atoms with Crippen molar-refractivity contribution >= 4 is 11.6 Å². The quantitative estimate of drug-likeness (QED) is 0.695. The molecule has 2 aromatic rings. The van der Waals surface area contributed by atoms with Gasteiger partial charge in [0.25, 0.3) is 5.91 Å². The first-order valence-corrected chi connectivity index (χ1v) is 5.95. The second kappa shape index (κ2) is 6.08. The summed E-state index contributed by atoms with van der Waals surface area (Å²) < 4.78 is 27.4. The van der Waals surface area contributed by atoms with E-state index in [1.165, 1.54) is 0 Å². The average molecular weight is 292 g/mol. The summed E-state index contributed by atoms with van der Waals surface area (Å²) in [7, 11) is 0. The Morgan fingerprint density at radius 3 is 2.43 bits per heavy atom. The number of amides is 1. The molecule has 21 heavy (non-hydrogen) atoms. The molecule has 2 aromatic carbocycles. The fourth-order valence-electron chi connectivity index (χ4n) is 1.76. The van der Waals surface area contributed by atoms with Crippen LogP contribution < -0.4 is 5.32 Å². The number of carbonyl (C=O) groups is 1. The molecule has 0 spiro atoms. The molecular formula is C14H10F2N2O3. The van der Waals surface area contributed by atoms with Crippen LogP contribution in [-0.2, 0) is 6.54 Å². The van der Waals surface area contributed by atoms with E-state index in [2.05, 4.69) is 5.32 Å². The van der Waals surface area contributed by atoms with Crippen molar-refractivity contribution in [1.29, 1.82) is 0 Å². The zero-order valence-electron chi connectivity index (χ0n) is 10.7. The van der Waals surface area contributed by atoms with E-state index in [1.54, 1.807) is 30.3 Å². The first-order valence-electron chi connectivity index (χ1n) is 5.95. The summed E-state index contributed by atoms with van der Waals surface area (Å²) in [5.74, 6) is -3.67. The molecule has 1 N–H and O–H groups in total. The van der Waals surface area contributed by atoms with Crippen molar-refractivity contribution < 1.29 is 18.5 Å². The van der Waals surface area contributed by atoms with Crippen molar-refractivity contribution in [3.05, 3.63) is 75.3 Å². The zero-order valence-corrected chi connectivity index (χ0v) is 10.7. The molecule has 1 amide bonds. The Morgan fingerprint density at radius 2 is 1.81 bits per heavy atom. The lowest BCUT2D eigenvalue weighted by molar-refractivity contribution is -0.387. The Kier molecular flexibility index (Phi) is 4.22. The summed E-state index contributed by atoms with van der Waals surface area (Å²) in [5.41, 5.74) is -1.17. The second-order valence-electron chi connectivity index (χ2n) is 4.18. The Bertz CT molecular complexity index is 690.